The minimum absolute atomic E-state index is 0.276. The Morgan fingerprint density at radius 2 is 1.78 bits per heavy atom. The SMILES string of the molecule is COc1cc2c(c(OC)c1)OC1(C=CC=C2)N(C)c2ccccc2C1(C)C. The summed E-state index contributed by atoms with van der Waals surface area (Å²) in [6, 6.07) is 12.3. The number of likely N-dealkylation sites (N-methyl/N-ethyl adjacent to an activating group) is 1. The number of hydrogen-bond donors (Lipinski definition) is 0. The molecule has 0 radical (unpaired) electrons. The van der Waals surface area contributed by atoms with Crippen molar-refractivity contribution in [3.05, 3.63) is 65.8 Å². The van der Waals surface area contributed by atoms with E-state index in [1.54, 1.807) is 14.2 Å². The predicted octanol–water partition coefficient (Wildman–Crippen LogP) is 4.79. The van der Waals surface area contributed by atoms with Crippen LogP contribution in [-0.4, -0.2) is 27.0 Å². The van der Waals surface area contributed by atoms with E-state index >= 15 is 0 Å². The minimum Gasteiger partial charge on any atom is -0.497 e. The van der Waals surface area contributed by atoms with Gasteiger partial charge >= 0.3 is 0 Å². The summed E-state index contributed by atoms with van der Waals surface area (Å²) >= 11 is 0. The molecule has 1 atom stereocenters. The van der Waals surface area contributed by atoms with Crippen molar-refractivity contribution in [1.29, 1.82) is 0 Å². The average molecular weight is 363 g/mol. The lowest BCUT2D eigenvalue weighted by molar-refractivity contribution is 0.0569. The Morgan fingerprint density at radius 3 is 2.48 bits per heavy atom. The molecule has 2 aliphatic rings. The van der Waals surface area contributed by atoms with Crippen LogP contribution in [0.2, 0.25) is 0 Å². The molecule has 0 fully saturated rings. The largest absolute Gasteiger partial charge is 0.497 e. The van der Waals surface area contributed by atoms with Crippen molar-refractivity contribution in [1.82, 2.24) is 0 Å². The highest BCUT2D eigenvalue weighted by Crippen LogP contribution is 2.54. The quantitative estimate of drug-likeness (QED) is 0.768. The molecule has 2 aromatic rings. The molecule has 27 heavy (non-hydrogen) atoms. The fourth-order valence-electron chi connectivity index (χ4n) is 4.24. The molecule has 0 aliphatic carbocycles. The van der Waals surface area contributed by atoms with Gasteiger partial charge in [0.05, 0.1) is 19.6 Å². The van der Waals surface area contributed by atoms with Gasteiger partial charge in [-0.15, -0.1) is 0 Å². The monoisotopic (exact) mass is 363 g/mol. The topological polar surface area (TPSA) is 30.9 Å². The maximum Gasteiger partial charge on any atom is 0.212 e. The molecular formula is C23H25NO3. The predicted molar refractivity (Wildman–Crippen MR) is 109 cm³/mol. The van der Waals surface area contributed by atoms with Crippen LogP contribution in [0.5, 0.6) is 17.2 Å². The van der Waals surface area contributed by atoms with Gasteiger partial charge in [-0.05, 0) is 37.6 Å². The van der Waals surface area contributed by atoms with E-state index in [1.165, 1.54) is 11.3 Å². The summed E-state index contributed by atoms with van der Waals surface area (Å²) in [6.45, 7) is 4.45. The van der Waals surface area contributed by atoms with Gasteiger partial charge in [-0.2, -0.15) is 0 Å². The van der Waals surface area contributed by atoms with Crippen molar-refractivity contribution in [2.45, 2.75) is 25.0 Å². The molecule has 1 unspecified atom stereocenters. The number of anilines is 1. The second-order valence-corrected chi connectivity index (χ2v) is 7.47. The molecule has 4 nitrogen and oxygen atoms in total. The number of methoxy groups -OCH3 is 2. The van der Waals surface area contributed by atoms with Gasteiger partial charge in [0.25, 0.3) is 0 Å². The molecule has 2 aromatic carbocycles. The van der Waals surface area contributed by atoms with E-state index in [0.717, 1.165) is 11.3 Å². The maximum atomic E-state index is 6.82. The van der Waals surface area contributed by atoms with Gasteiger partial charge in [0, 0.05) is 24.4 Å². The molecule has 0 aromatic heterocycles. The maximum absolute atomic E-state index is 6.82. The highest BCUT2D eigenvalue weighted by molar-refractivity contribution is 5.71. The molecule has 0 saturated carbocycles. The highest BCUT2D eigenvalue weighted by Gasteiger charge is 2.57. The first-order valence-electron chi connectivity index (χ1n) is 9.09. The van der Waals surface area contributed by atoms with Crippen LogP contribution in [0.3, 0.4) is 0 Å². The third-order valence-electron chi connectivity index (χ3n) is 5.81. The lowest BCUT2D eigenvalue weighted by atomic mass is 9.77. The Morgan fingerprint density at radius 1 is 1.00 bits per heavy atom. The van der Waals surface area contributed by atoms with E-state index in [4.69, 9.17) is 14.2 Å². The van der Waals surface area contributed by atoms with Gasteiger partial charge in [0.1, 0.15) is 5.75 Å². The van der Waals surface area contributed by atoms with Crippen LogP contribution in [0.4, 0.5) is 5.69 Å². The zero-order chi connectivity index (χ0) is 19.2. The van der Waals surface area contributed by atoms with E-state index in [0.29, 0.717) is 11.5 Å². The fraction of sp³-hybridized carbons (Fsp3) is 0.304. The third-order valence-corrected chi connectivity index (χ3v) is 5.81. The molecule has 2 heterocycles. The minimum atomic E-state index is -0.682. The van der Waals surface area contributed by atoms with Gasteiger partial charge in [0.15, 0.2) is 11.5 Å². The van der Waals surface area contributed by atoms with Gasteiger partial charge in [-0.3, -0.25) is 0 Å². The van der Waals surface area contributed by atoms with Crippen molar-refractivity contribution < 1.29 is 14.2 Å². The van der Waals surface area contributed by atoms with Crippen molar-refractivity contribution in [2.24, 2.45) is 0 Å². The van der Waals surface area contributed by atoms with Gasteiger partial charge in [-0.1, -0.05) is 36.4 Å². The van der Waals surface area contributed by atoms with Crippen molar-refractivity contribution in [3.8, 4) is 17.2 Å². The normalized spacial score (nSPS) is 21.9. The van der Waals surface area contributed by atoms with Crippen LogP contribution in [0.15, 0.2) is 54.6 Å². The summed E-state index contributed by atoms with van der Waals surface area (Å²) in [7, 11) is 5.39. The van der Waals surface area contributed by atoms with Gasteiger partial charge < -0.3 is 19.1 Å². The van der Waals surface area contributed by atoms with Crippen molar-refractivity contribution in [3.63, 3.8) is 0 Å². The number of ether oxygens (including phenoxy) is 3. The molecule has 1 spiro atoms. The number of allylic oxidation sites excluding steroid dienone is 2. The molecular weight excluding hydrogens is 338 g/mol. The summed E-state index contributed by atoms with van der Waals surface area (Å²) < 4.78 is 17.9. The number of nitrogens with zero attached hydrogens (tertiary/aromatic N) is 1. The Balaban J connectivity index is 1.94. The lowest BCUT2D eigenvalue weighted by Gasteiger charge is -2.44. The zero-order valence-corrected chi connectivity index (χ0v) is 16.4. The second-order valence-electron chi connectivity index (χ2n) is 7.47. The van der Waals surface area contributed by atoms with Crippen LogP contribution >= 0.6 is 0 Å². The Kier molecular flexibility index (Phi) is 3.95. The second kappa shape index (κ2) is 6.08. The molecule has 2 aliphatic heterocycles. The average Bonchev–Trinajstić information content (AvgIpc) is 2.83. The summed E-state index contributed by atoms with van der Waals surface area (Å²) in [5.74, 6) is 2.11. The highest BCUT2D eigenvalue weighted by atomic mass is 16.5. The van der Waals surface area contributed by atoms with Crippen LogP contribution < -0.4 is 19.1 Å². The Hall–Kier alpha value is -2.88. The third kappa shape index (κ3) is 2.36. The van der Waals surface area contributed by atoms with Crippen LogP contribution in [0.25, 0.3) is 6.08 Å². The first-order chi connectivity index (χ1) is 12.9. The van der Waals surface area contributed by atoms with Gasteiger partial charge in [-0.25, -0.2) is 0 Å². The van der Waals surface area contributed by atoms with E-state index in [9.17, 15) is 0 Å². The molecule has 4 rings (SSSR count). The van der Waals surface area contributed by atoms with Crippen molar-refractivity contribution >= 4 is 11.8 Å². The van der Waals surface area contributed by atoms with E-state index in [-0.39, 0.29) is 5.41 Å². The first-order valence-corrected chi connectivity index (χ1v) is 9.09. The smallest absolute Gasteiger partial charge is 0.212 e. The zero-order valence-electron chi connectivity index (χ0n) is 16.4. The van der Waals surface area contributed by atoms with E-state index < -0.39 is 5.72 Å². The first kappa shape index (κ1) is 17.5. The summed E-state index contributed by atoms with van der Waals surface area (Å²) in [5, 5.41) is 0. The standard InChI is InChI=1S/C23H25NO3/c1-22(2)18-11-6-7-12-19(18)24(3)23(22)13-9-8-10-16-14-17(25-4)15-20(26-5)21(16)27-23/h6-15H,1-5H3. The van der Waals surface area contributed by atoms with Crippen molar-refractivity contribution in [2.75, 3.05) is 26.2 Å². The van der Waals surface area contributed by atoms with Gasteiger partial charge in [0.2, 0.25) is 5.72 Å². The fourth-order valence-corrected chi connectivity index (χ4v) is 4.24. The summed E-state index contributed by atoms with van der Waals surface area (Å²) in [5.41, 5.74) is 2.40. The molecule has 0 bridgehead atoms. The Bertz CT molecular complexity index is 945. The molecule has 0 saturated heterocycles. The lowest BCUT2D eigenvalue weighted by Crippen LogP contribution is -2.57. The number of benzene rings is 2. The van der Waals surface area contributed by atoms with Crippen LogP contribution in [0.1, 0.15) is 25.0 Å². The number of hydrogen-bond acceptors (Lipinski definition) is 4. The van der Waals surface area contributed by atoms with E-state index in [2.05, 4.69) is 62.2 Å². The Labute approximate surface area is 160 Å². The van der Waals surface area contributed by atoms with E-state index in [1.807, 2.05) is 24.3 Å². The number of rotatable bonds is 2. The van der Waals surface area contributed by atoms with Crippen LogP contribution in [-0.2, 0) is 5.41 Å². The molecule has 4 heteroatoms. The number of para-hydroxylation sites is 1. The molecule has 0 N–H and O–H groups in total. The summed E-state index contributed by atoms with van der Waals surface area (Å²) in [6.07, 6.45) is 8.24. The molecule has 140 valence electrons. The summed E-state index contributed by atoms with van der Waals surface area (Å²) in [4.78, 5) is 2.21. The van der Waals surface area contributed by atoms with Crippen LogP contribution in [0, 0.1) is 0 Å². The molecule has 0 amide bonds. The number of fused-ring (bicyclic) bond motifs is 2.